The van der Waals surface area contributed by atoms with Crippen molar-refractivity contribution in [3.05, 3.63) is 87.6 Å². The lowest BCUT2D eigenvalue weighted by atomic mass is 9.81. The highest BCUT2D eigenvalue weighted by molar-refractivity contribution is 5.93. The molecule has 1 heterocycles. The van der Waals surface area contributed by atoms with E-state index in [1.807, 2.05) is 0 Å². The van der Waals surface area contributed by atoms with Gasteiger partial charge in [-0.3, -0.25) is 9.59 Å². The van der Waals surface area contributed by atoms with E-state index < -0.39 is 40.7 Å². The lowest BCUT2D eigenvalue weighted by Gasteiger charge is -2.32. The van der Waals surface area contributed by atoms with Crippen LogP contribution >= 0.6 is 0 Å². The van der Waals surface area contributed by atoms with Gasteiger partial charge in [0.15, 0.2) is 0 Å². The van der Waals surface area contributed by atoms with Crippen LogP contribution < -0.4 is 10.9 Å². The van der Waals surface area contributed by atoms with Crippen molar-refractivity contribution in [2.24, 2.45) is 5.41 Å². The van der Waals surface area contributed by atoms with Crippen LogP contribution in [0.3, 0.4) is 0 Å². The van der Waals surface area contributed by atoms with E-state index in [9.17, 15) is 22.8 Å². The maximum atomic E-state index is 14.6. The van der Waals surface area contributed by atoms with Crippen LogP contribution in [0.15, 0.2) is 59.4 Å². The number of nitrogens with zero attached hydrogens (tertiary/aromatic N) is 1. The van der Waals surface area contributed by atoms with Crippen molar-refractivity contribution in [1.82, 2.24) is 15.3 Å². The fraction of sp³-hybridized carbons (Fsp3) is 0.261. The van der Waals surface area contributed by atoms with E-state index >= 15 is 0 Å². The molecular formula is C23H22F3N3O2. The Hall–Kier alpha value is -3.42. The molecule has 1 atom stereocenters. The molecule has 2 aromatic carbocycles. The zero-order valence-electron chi connectivity index (χ0n) is 17.2. The van der Waals surface area contributed by atoms with Crippen molar-refractivity contribution in [2.45, 2.75) is 33.2 Å². The molecule has 0 aliphatic heterocycles. The smallest absolute Gasteiger partial charge is 0.270 e. The number of aromatic nitrogens is 2. The first-order valence-corrected chi connectivity index (χ1v) is 9.61. The predicted octanol–water partition coefficient (Wildman–Crippen LogP) is 5.03. The van der Waals surface area contributed by atoms with Gasteiger partial charge in [0.25, 0.3) is 17.9 Å². The number of hydrogen-bond acceptors (Lipinski definition) is 3. The van der Waals surface area contributed by atoms with Crippen LogP contribution in [0.2, 0.25) is 0 Å². The van der Waals surface area contributed by atoms with E-state index in [4.69, 9.17) is 0 Å². The highest BCUT2D eigenvalue weighted by Crippen LogP contribution is 2.35. The fourth-order valence-corrected chi connectivity index (χ4v) is 3.19. The van der Waals surface area contributed by atoms with E-state index in [1.54, 1.807) is 51.1 Å². The standard InChI is InChI=1S/C23H22F3N3O2/c1-23(2,3)19(15-10-9-14(20(25)26)11-16(15)24)29-22(31)17-12-18(30)28-21(27-17)13-7-5-4-6-8-13/h4-12,19-20H,1-3H3,(H,29,31)(H,27,28,30). The Bertz CT molecular complexity index is 1140. The Balaban J connectivity index is 1.96. The molecule has 1 unspecified atom stereocenters. The number of alkyl halides is 2. The Morgan fingerprint density at radius 1 is 1.06 bits per heavy atom. The molecule has 3 aromatic rings. The number of benzene rings is 2. The topological polar surface area (TPSA) is 74.8 Å². The van der Waals surface area contributed by atoms with Crippen LogP contribution in [0, 0.1) is 11.2 Å². The second kappa shape index (κ2) is 8.75. The van der Waals surface area contributed by atoms with Gasteiger partial charge < -0.3 is 10.3 Å². The van der Waals surface area contributed by atoms with Gasteiger partial charge in [0.05, 0.1) is 6.04 Å². The third-order valence-corrected chi connectivity index (χ3v) is 4.75. The highest BCUT2D eigenvalue weighted by Gasteiger charge is 2.31. The van der Waals surface area contributed by atoms with Crippen LogP contribution in [-0.2, 0) is 0 Å². The zero-order valence-corrected chi connectivity index (χ0v) is 17.2. The van der Waals surface area contributed by atoms with Crippen LogP contribution in [0.1, 0.15) is 54.9 Å². The highest BCUT2D eigenvalue weighted by atomic mass is 19.3. The molecule has 5 nitrogen and oxygen atoms in total. The second-order valence-electron chi connectivity index (χ2n) is 8.20. The van der Waals surface area contributed by atoms with E-state index in [-0.39, 0.29) is 17.1 Å². The molecule has 1 amide bonds. The number of carbonyl (C=O) groups excluding carboxylic acids is 1. The molecule has 0 fully saturated rings. The Kier molecular flexibility index (Phi) is 6.29. The van der Waals surface area contributed by atoms with E-state index in [0.717, 1.165) is 18.2 Å². The van der Waals surface area contributed by atoms with Crippen molar-refractivity contribution in [2.75, 3.05) is 0 Å². The first-order valence-electron chi connectivity index (χ1n) is 9.61. The molecule has 31 heavy (non-hydrogen) atoms. The average Bonchev–Trinajstić information content (AvgIpc) is 2.71. The molecule has 0 spiro atoms. The molecule has 0 aliphatic carbocycles. The largest absolute Gasteiger partial charge is 0.343 e. The van der Waals surface area contributed by atoms with Gasteiger partial charge in [0, 0.05) is 22.8 Å². The Morgan fingerprint density at radius 3 is 2.32 bits per heavy atom. The second-order valence-corrected chi connectivity index (χ2v) is 8.20. The Morgan fingerprint density at radius 2 is 1.74 bits per heavy atom. The Labute approximate surface area is 177 Å². The summed E-state index contributed by atoms with van der Waals surface area (Å²) in [5, 5.41) is 2.70. The minimum atomic E-state index is -2.80. The molecule has 0 saturated carbocycles. The first kappa shape index (κ1) is 22.3. The fourth-order valence-electron chi connectivity index (χ4n) is 3.19. The molecule has 1 aromatic heterocycles. The number of nitrogens with one attached hydrogen (secondary N) is 2. The lowest BCUT2D eigenvalue weighted by Crippen LogP contribution is -2.38. The lowest BCUT2D eigenvalue weighted by molar-refractivity contribution is 0.0894. The summed E-state index contributed by atoms with van der Waals surface area (Å²) in [5.41, 5.74) is -1.07. The summed E-state index contributed by atoms with van der Waals surface area (Å²) < 4.78 is 40.4. The summed E-state index contributed by atoms with van der Waals surface area (Å²) in [6, 6.07) is 12.2. The van der Waals surface area contributed by atoms with Gasteiger partial charge in [-0.2, -0.15) is 0 Å². The van der Waals surface area contributed by atoms with E-state index in [1.165, 1.54) is 6.07 Å². The summed E-state index contributed by atoms with van der Waals surface area (Å²) in [7, 11) is 0. The van der Waals surface area contributed by atoms with Crippen molar-refractivity contribution < 1.29 is 18.0 Å². The van der Waals surface area contributed by atoms with Gasteiger partial charge in [-0.25, -0.2) is 18.2 Å². The third kappa shape index (κ3) is 5.20. The quantitative estimate of drug-likeness (QED) is 0.597. The maximum Gasteiger partial charge on any atom is 0.270 e. The SMILES string of the molecule is CC(C)(C)C(NC(=O)c1cc(=O)[nH]c(-c2ccccc2)n1)c1ccc(C(F)F)cc1F. The number of halogens is 3. The maximum absolute atomic E-state index is 14.6. The van der Waals surface area contributed by atoms with Crippen molar-refractivity contribution in [3.8, 4) is 11.4 Å². The molecule has 162 valence electrons. The van der Waals surface area contributed by atoms with Gasteiger partial charge in [-0.05, 0) is 11.5 Å². The van der Waals surface area contributed by atoms with Crippen LogP contribution in [-0.4, -0.2) is 15.9 Å². The van der Waals surface area contributed by atoms with Crippen LogP contribution in [0.5, 0.6) is 0 Å². The molecule has 3 rings (SSSR count). The minimum Gasteiger partial charge on any atom is -0.343 e. The number of H-pyrrole nitrogens is 1. The minimum absolute atomic E-state index is 0.0679. The molecule has 0 saturated heterocycles. The van der Waals surface area contributed by atoms with E-state index in [0.29, 0.717) is 5.56 Å². The zero-order chi connectivity index (χ0) is 22.8. The van der Waals surface area contributed by atoms with Crippen molar-refractivity contribution >= 4 is 5.91 Å². The summed E-state index contributed by atoms with van der Waals surface area (Å²) in [5.74, 6) is -1.31. The molecule has 2 N–H and O–H groups in total. The molecule has 0 radical (unpaired) electrons. The van der Waals surface area contributed by atoms with Gasteiger partial charge >= 0.3 is 0 Å². The monoisotopic (exact) mass is 429 g/mol. The third-order valence-electron chi connectivity index (χ3n) is 4.75. The molecule has 0 aliphatic rings. The van der Waals surface area contributed by atoms with Crippen molar-refractivity contribution in [3.63, 3.8) is 0 Å². The number of rotatable bonds is 5. The predicted molar refractivity (Wildman–Crippen MR) is 111 cm³/mol. The molecular weight excluding hydrogens is 407 g/mol. The van der Waals surface area contributed by atoms with Gasteiger partial charge in [0.1, 0.15) is 17.3 Å². The van der Waals surface area contributed by atoms with Crippen LogP contribution in [0.25, 0.3) is 11.4 Å². The van der Waals surface area contributed by atoms with Gasteiger partial charge in [-0.1, -0.05) is 63.2 Å². The summed E-state index contributed by atoms with van der Waals surface area (Å²) >= 11 is 0. The number of hydrogen-bond donors (Lipinski definition) is 2. The summed E-state index contributed by atoms with van der Waals surface area (Å²) in [6.07, 6.45) is -2.80. The van der Waals surface area contributed by atoms with Crippen LogP contribution in [0.4, 0.5) is 13.2 Å². The van der Waals surface area contributed by atoms with Crippen molar-refractivity contribution in [1.29, 1.82) is 0 Å². The number of amides is 1. The normalized spacial score (nSPS) is 12.6. The summed E-state index contributed by atoms with van der Waals surface area (Å²) in [4.78, 5) is 31.8. The summed E-state index contributed by atoms with van der Waals surface area (Å²) in [6.45, 7) is 5.33. The average molecular weight is 429 g/mol. The molecule has 0 bridgehead atoms. The number of aromatic amines is 1. The first-order chi connectivity index (χ1) is 14.6. The van der Waals surface area contributed by atoms with Gasteiger partial charge in [0.2, 0.25) is 0 Å². The van der Waals surface area contributed by atoms with Gasteiger partial charge in [-0.15, -0.1) is 0 Å². The van der Waals surface area contributed by atoms with E-state index in [2.05, 4.69) is 15.3 Å². The molecule has 8 heteroatoms. The number of carbonyl (C=O) groups is 1.